The third-order valence-corrected chi connectivity index (χ3v) is 5.77. The van der Waals surface area contributed by atoms with Crippen molar-refractivity contribution in [2.24, 2.45) is 0 Å². The van der Waals surface area contributed by atoms with Crippen LogP contribution in [0.4, 0.5) is 11.5 Å². The minimum atomic E-state index is -1.12. The van der Waals surface area contributed by atoms with E-state index in [1.165, 1.54) is 18.3 Å². The van der Waals surface area contributed by atoms with Gasteiger partial charge in [0.2, 0.25) is 5.88 Å². The van der Waals surface area contributed by atoms with Gasteiger partial charge in [-0.25, -0.2) is 14.8 Å². The molecule has 0 saturated heterocycles. The lowest BCUT2D eigenvalue weighted by Gasteiger charge is -2.14. The number of anilines is 2. The summed E-state index contributed by atoms with van der Waals surface area (Å²) in [6.45, 7) is 1.20. The van der Waals surface area contributed by atoms with E-state index >= 15 is 0 Å². The molecule has 0 aliphatic heterocycles. The molecule has 10 nitrogen and oxygen atoms in total. The second-order valence-electron chi connectivity index (χ2n) is 7.79. The number of nitrogens with one attached hydrogen (secondary N) is 1. The van der Waals surface area contributed by atoms with Crippen LogP contribution in [-0.2, 0) is 16.0 Å². The SMILES string of the molecule is O=C(O)CCc1cnc(OCCCOCCOc2c(Cl)cc(Nc3ncccc3C(=O)O)cc2Cl)c(Cl)c1. The fourth-order valence-electron chi connectivity index (χ4n) is 3.18. The van der Waals surface area contributed by atoms with Gasteiger partial charge < -0.3 is 29.7 Å². The number of aromatic carboxylic acids is 1. The molecule has 3 N–H and O–H groups in total. The number of ether oxygens (including phenoxy) is 3. The molecule has 3 rings (SSSR count). The van der Waals surface area contributed by atoms with Crippen LogP contribution in [0.3, 0.4) is 0 Å². The number of aliphatic carboxylic acids is 1. The van der Waals surface area contributed by atoms with Gasteiger partial charge in [0.25, 0.3) is 0 Å². The summed E-state index contributed by atoms with van der Waals surface area (Å²) in [5.41, 5.74) is 1.18. The maximum Gasteiger partial charge on any atom is 0.339 e. The van der Waals surface area contributed by atoms with Crippen LogP contribution in [0.25, 0.3) is 0 Å². The van der Waals surface area contributed by atoms with Gasteiger partial charge in [-0.3, -0.25) is 4.79 Å². The fraction of sp³-hybridized carbons (Fsp3) is 0.280. The highest BCUT2D eigenvalue weighted by molar-refractivity contribution is 6.37. The van der Waals surface area contributed by atoms with E-state index in [2.05, 4.69) is 15.3 Å². The van der Waals surface area contributed by atoms with Gasteiger partial charge in [-0.1, -0.05) is 34.8 Å². The van der Waals surface area contributed by atoms with Crippen molar-refractivity contribution in [1.82, 2.24) is 9.97 Å². The van der Waals surface area contributed by atoms with Crippen molar-refractivity contribution in [3.05, 3.63) is 68.9 Å². The Balaban J connectivity index is 1.38. The number of nitrogens with zero attached hydrogens (tertiary/aromatic N) is 2. The van der Waals surface area contributed by atoms with Crippen molar-refractivity contribution in [3.63, 3.8) is 0 Å². The largest absolute Gasteiger partial charge is 0.488 e. The molecule has 13 heteroatoms. The maximum absolute atomic E-state index is 11.4. The summed E-state index contributed by atoms with van der Waals surface area (Å²) >= 11 is 18.8. The number of carboxylic acids is 2. The highest BCUT2D eigenvalue weighted by atomic mass is 35.5. The number of pyridine rings is 2. The summed E-state index contributed by atoms with van der Waals surface area (Å²) in [6.07, 6.45) is 3.93. The molecule has 0 fully saturated rings. The van der Waals surface area contributed by atoms with Gasteiger partial charge in [0.1, 0.15) is 23.0 Å². The van der Waals surface area contributed by atoms with Crippen LogP contribution < -0.4 is 14.8 Å². The van der Waals surface area contributed by atoms with E-state index in [0.717, 1.165) is 5.56 Å². The predicted molar refractivity (Wildman–Crippen MR) is 143 cm³/mol. The van der Waals surface area contributed by atoms with Gasteiger partial charge >= 0.3 is 11.9 Å². The number of aryl methyl sites for hydroxylation is 1. The minimum Gasteiger partial charge on any atom is -0.488 e. The quantitative estimate of drug-likeness (QED) is 0.189. The van der Waals surface area contributed by atoms with E-state index in [4.69, 9.17) is 54.1 Å². The third kappa shape index (κ3) is 8.91. The molecule has 3 aromatic rings. The first kappa shape index (κ1) is 29.2. The van der Waals surface area contributed by atoms with Crippen molar-refractivity contribution in [3.8, 4) is 11.6 Å². The normalized spacial score (nSPS) is 10.7. The molecule has 2 heterocycles. The molecule has 38 heavy (non-hydrogen) atoms. The number of carboxylic acid groups (broad SMARTS) is 2. The van der Waals surface area contributed by atoms with Crippen molar-refractivity contribution in [2.45, 2.75) is 19.3 Å². The highest BCUT2D eigenvalue weighted by Gasteiger charge is 2.14. The highest BCUT2D eigenvalue weighted by Crippen LogP contribution is 2.37. The zero-order chi connectivity index (χ0) is 27.5. The van der Waals surface area contributed by atoms with E-state index in [-0.39, 0.29) is 52.7 Å². The molecule has 2 aromatic heterocycles. The Labute approximate surface area is 233 Å². The lowest BCUT2D eigenvalue weighted by Crippen LogP contribution is -2.10. The molecule has 0 amide bonds. The van der Waals surface area contributed by atoms with Crippen LogP contribution in [0.2, 0.25) is 15.1 Å². The second kappa shape index (κ2) is 14.6. The zero-order valence-corrected chi connectivity index (χ0v) is 22.2. The standard InChI is InChI=1S/C25H24Cl3N3O7/c26-18-12-16(31-23-17(25(34)35)3-1-6-29-23)13-19(27)22(18)37-10-9-36-7-2-8-38-24-20(28)11-15(14-30-24)4-5-21(32)33/h1,3,6,11-14H,2,4-5,7-10H2,(H,29,31)(H,32,33)(H,34,35). The number of aromatic nitrogens is 2. The monoisotopic (exact) mass is 583 g/mol. The molecular weight excluding hydrogens is 561 g/mol. The van der Waals surface area contributed by atoms with Crippen LogP contribution >= 0.6 is 34.8 Å². The van der Waals surface area contributed by atoms with Crippen molar-refractivity contribution in [1.29, 1.82) is 0 Å². The summed E-state index contributed by atoms with van der Waals surface area (Å²) in [7, 11) is 0. The molecular formula is C25H24Cl3N3O7. The molecule has 0 unspecified atom stereocenters. The van der Waals surface area contributed by atoms with E-state index in [1.54, 1.807) is 24.4 Å². The first-order valence-corrected chi connectivity index (χ1v) is 12.5. The Bertz CT molecular complexity index is 1250. The average molecular weight is 585 g/mol. The van der Waals surface area contributed by atoms with Gasteiger partial charge in [0.15, 0.2) is 5.75 Å². The lowest BCUT2D eigenvalue weighted by molar-refractivity contribution is -0.136. The Morgan fingerprint density at radius 1 is 0.921 bits per heavy atom. The molecule has 0 atom stereocenters. The molecule has 0 aliphatic carbocycles. The Morgan fingerprint density at radius 2 is 1.68 bits per heavy atom. The van der Waals surface area contributed by atoms with Crippen molar-refractivity contribution < 1.29 is 34.0 Å². The number of rotatable bonds is 15. The van der Waals surface area contributed by atoms with Gasteiger partial charge in [0.05, 0.1) is 23.3 Å². The topological polar surface area (TPSA) is 140 Å². The summed E-state index contributed by atoms with van der Waals surface area (Å²) in [6, 6.07) is 7.71. The number of carbonyl (C=O) groups is 2. The van der Waals surface area contributed by atoms with E-state index in [0.29, 0.717) is 36.8 Å². The predicted octanol–water partition coefficient (Wildman–Crippen LogP) is 5.76. The Morgan fingerprint density at radius 3 is 2.37 bits per heavy atom. The van der Waals surface area contributed by atoms with Crippen LogP contribution in [0, 0.1) is 0 Å². The smallest absolute Gasteiger partial charge is 0.339 e. The zero-order valence-electron chi connectivity index (χ0n) is 20.0. The Hall–Kier alpha value is -3.31. The molecule has 0 aliphatic rings. The molecule has 0 radical (unpaired) electrons. The van der Waals surface area contributed by atoms with Gasteiger partial charge in [-0.2, -0.15) is 0 Å². The first-order chi connectivity index (χ1) is 18.2. The molecule has 1 aromatic carbocycles. The second-order valence-corrected chi connectivity index (χ2v) is 9.01. The third-order valence-electron chi connectivity index (χ3n) is 4.94. The number of benzene rings is 1. The van der Waals surface area contributed by atoms with E-state index < -0.39 is 11.9 Å². The summed E-state index contributed by atoms with van der Waals surface area (Å²) in [5, 5.41) is 21.7. The van der Waals surface area contributed by atoms with Crippen molar-refractivity contribution in [2.75, 3.05) is 31.7 Å². The molecule has 0 bridgehead atoms. The maximum atomic E-state index is 11.4. The summed E-state index contributed by atoms with van der Waals surface area (Å²) in [4.78, 5) is 30.2. The van der Waals surface area contributed by atoms with Gasteiger partial charge in [0, 0.05) is 37.5 Å². The van der Waals surface area contributed by atoms with Crippen LogP contribution in [0.5, 0.6) is 11.6 Å². The van der Waals surface area contributed by atoms with E-state index in [1.807, 2.05) is 0 Å². The van der Waals surface area contributed by atoms with Gasteiger partial charge in [-0.05, 0) is 42.3 Å². The summed E-state index contributed by atoms with van der Waals surface area (Å²) in [5.74, 6) is -1.30. The minimum absolute atomic E-state index is 0.00151. The first-order valence-electron chi connectivity index (χ1n) is 11.4. The molecule has 0 saturated carbocycles. The average Bonchev–Trinajstić information content (AvgIpc) is 2.86. The number of halogens is 3. The number of hydrogen-bond donors (Lipinski definition) is 3. The number of hydrogen-bond acceptors (Lipinski definition) is 8. The van der Waals surface area contributed by atoms with Crippen molar-refractivity contribution >= 4 is 58.2 Å². The van der Waals surface area contributed by atoms with Crippen LogP contribution in [0.15, 0.2) is 42.7 Å². The van der Waals surface area contributed by atoms with Crippen LogP contribution in [-0.4, -0.2) is 58.5 Å². The lowest BCUT2D eigenvalue weighted by atomic mass is 10.1. The van der Waals surface area contributed by atoms with Crippen LogP contribution in [0.1, 0.15) is 28.8 Å². The Kier molecular flexibility index (Phi) is 11.2. The van der Waals surface area contributed by atoms with Gasteiger partial charge in [-0.15, -0.1) is 0 Å². The summed E-state index contributed by atoms with van der Waals surface area (Å²) < 4.78 is 16.7. The molecule has 0 spiro atoms. The fourth-order valence-corrected chi connectivity index (χ4v) is 4.02. The van der Waals surface area contributed by atoms with E-state index in [9.17, 15) is 14.7 Å². The molecule has 202 valence electrons.